The third-order valence-corrected chi connectivity index (χ3v) is 8.42. The van der Waals surface area contributed by atoms with Gasteiger partial charge in [-0.2, -0.15) is 0 Å². The summed E-state index contributed by atoms with van der Waals surface area (Å²) < 4.78 is 11.9. The minimum atomic E-state index is -1.47. The lowest BCUT2D eigenvalue weighted by Crippen LogP contribution is -2.60. The number of hydrogen-bond donors (Lipinski definition) is 4. The molecular formula is C21H32O7. The molecule has 4 rings (SSSR count). The van der Waals surface area contributed by atoms with Crippen LogP contribution in [0.25, 0.3) is 0 Å². The summed E-state index contributed by atoms with van der Waals surface area (Å²) in [5.41, 5.74) is 0.113. The van der Waals surface area contributed by atoms with Crippen LogP contribution in [0.5, 0.6) is 0 Å². The molecule has 0 radical (unpaired) electrons. The molecule has 28 heavy (non-hydrogen) atoms. The third-order valence-electron chi connectivity index (χ3n) is 8.42. The first kappa shape index (κ1) is 20.4. The van der Waals surface area contributed by atoms with Crippen LogP contribution in [0, 0.1) is 22.2 Å². The maximum absolute atomic E-state index is 12.1. The first-order valence-corrected chi connectivity index (χ1v) is 10.3. The van der Waals surface area contributed by atoms with Gasteiger partial charge in [0, 0.05) is 5.41 Å². The lowest BCUT2D eigenvalue weighted by atomic mass is 9.56. The molecule has 7 nitrogen and oxygen atoms in total. The van der Waals surface area contributed by atoms with Gasteiger partial charge in [-0.25, -0.2) is 0 Å². The van der Waals surface area contributed by atoms with Crippen LogP contribution in [-0.2, 0) is 14.3 Å². The molecule has 1 heterocycles. The van der Waals surface area contributed by atoms with Gasteiger partial charge < -0.3 is 29.9 Å². The molecule has 1 saturated heterocycles. The van der Waals surface area contributed by atoms with Gasteiger partial charge >= 0.3 is 0 Å². The van der Waals surface area contributed by atoms with Gasteiger partial charge in [0.1, 0.15) is 30.7 Å². The SMILES string of the molecule is C[C@@H]1CC[C@@]23CC[C@@H](O[C@@H]4O[C@H](CO)[C@@H](O)[C@H](O)[C@H]4O)[C@@]12C(C=O)=CC3(C)C. The zero-order valence-corrected chi connectivity index (χ0v) is 16.7. The fraction of sp³-hybridized carbons (Fsp3) is 0.857. The van der Waals surface area contributed by atoms with E-state index < -0.39 is 42.7 Å². The van der Waals surface area contributed by atoms with Gasteiger partial charge in [-0.15, -0.1) is 0 Å². The second kappa shape index (κ2) is 6.59. The molecule has 158 valence electrons. The van der Waals surface area contributed by atoms with Gasteiger partial charge in [0.05, 0.1) is 12.7 Å². The van der Waals surface area contributed by atoms with E-state index in [1.54, 1.807) is 0 Å². The highest BCUT2D eigenvalue weighted by atomic mass is 16.7. The van der Waals surface area contributed by atoms with Gasteiger partial charge in [0.2, 0.25) is 0 Å². The highest BCUT2D eigenvalue weighted by molar-refractivity contribution is 5.79. The Hall–Kier alpha value is -0.830. The molecular weight excluding hydrogens is 364 g/mol. The molecule has 0 aromatic carbocycles. The summed E-state index contributed by atoms with van der Waals surface area (Å²) in [6, 6.07) is 0. The molecule has 0 unspecified atom stereocenters. The second-order valence-electron chi connectivity index (χ2n) is 9.69. The summed E-state index contributed by atoms with van der Waals surface area (Å²) in [5, 5.41) is 40.0. The van der Waals surface area contributed by atoms with E-state index in [4.69, 9.17) is 9.47 Å². The molecule has 0 spiro atoms. The molecule has 0 bridgehead atoms. The Morgan fingerprint density at radius 2 is 1.86 bits per heavy atom. The van der Waals surface area contributed by atoms with Gasteiger partial charge in [0.15, 0.2) is 6.29 Å². The maximum Gasteiger partial charge on any atom is 0.187 e. The number of hydrogen-bond acceptors (Lipinski definition) is 7. The average Bonchev–Trinajstić information content (AvgIpc) is 3.22. The quantitative estimate of drug-likeness (QED) is 0.512. The standard InChI is InChI=1S/C21H32O7/c1-11-4-6-20-7-5-14(21(11,20)12(9-22)8-19(20,2)3)28-18-17(26)16(25)15(24)13(10-23)27-18/h8-9,11,13-18,23-26H,4-7,10H2,1-3H3/t11-,13-,14-,15-,16+,17-,18+,20+,21+/m1/s1. The van der Waals surface area contributed by atoms with Crippen molar-refractivity contribution in [3.8, 4) is 0 Å². The molecule has 3 aliphatic carbocycles. The zero-order valence-electron chi connectivity index (χ0n) is 16.7. The van der Waals surface area contributed by atoms with E-state index in [9.17, 15) is 25.2 Å². The number of aliphatic hydroxyl groups excluding tert-OH is 4. The van der Waals surface area contributed by atoms with Crippen molar-refractivity contribution in [3.05, 3.63) is 11.6 Å². The normalized spacial score (nSPS) is 52.2. The fourth-order valence-corrected chi connectivity index (χ4v) is 7.15. The summed E-state index contributed by atoms with van der Waals surface area (Å²) in [7, 11) is 0. The highest BCUT2D eigenvalue weighted by Gasteiger charge is 2.75. The highest BCUT2D eigenvalue weighted by Crippen LogP contribution is 2.78. The molecule has 0 aromatic heterocycles. The van der Waals surface area contributed by atoms with Crippen molar-refractivity contribution in [3.63, 3.8) is 0 Å². The number of aldehydes is 1. The molecule has 4 N–H and O–H groups in total. The van der Waals surface area contributed by atoms with Crippen molar-refractivity contribution in [2.24, 2.45) is 22.2 Å². The summed E-state index contributed by atoms with van der Waals surface area (Å²) in [6.45, 7) is 6.04. The number of carbonyl (C=O) groups is 1. The predicted molar refractivity (Wildman–Crippen MR) is 99.1 cm³/mol. The number of rotatable bonds is 4. The topological polar surface area (TPSA) is 116 Å². The fourth-order valence-electron chi connectivity index (χ4n) is 7.15. The molecule has 1 aliphatic heterocycles. The Bertz CT molecular complexity index is 674. The predicted octanol–water partition coefficient (Wildman–Crippen LogP) is 0.533. The van der Waals surface area contributed by atoms with Crippen molar-refractivity contribution in [2.45, 2.75) is 83.3 Å². The Morgan fingerprint density at radius 3 is 2.50 bits per heavy atom. The van der Waals surface area contributed by atoms with E-state index in [0.29, 0.717) is 0 Å². The van der Waals surface area contributed by atoms with E-state index in [1.165, 1.54) is 0 Å². The van der Waals surface area contributed by atoms with E-state index in [2.05, 4.69) is 26.8 Å². The zero-order chi connectivity index (χ0) is 20.5. The van der Waals surface area contributed by atoms with Gasteiger partial charge in [-0.3, -0.25) is 4.79 Å². The second-order valence-corrected chi connectivity index (χ2v) is 9.69. The van der Waals surface area contributed by atoms with Crippen LogP contribution in [0.15, 0.2) is 11.6 Å². The van der Waals surface area contributed by atoms with Crippen molar-refractivity contribution in [2.75, 3.05) is 6.61 Å². The summed E-state index contributed by atoms with van der Waals surface area (Å²) >= 11 is 0. The van der Waals surface area contributed by atoms with Crippen LogP contribution >= 0.6 is 0 Å². The smallest absolute Gasteiger partial charge is 0.187 e. The average molecular weight is 396 g/mol. The summed E-state index contributed by atoms with van der Waals surface area (Å²) in [5.74, 6) is 0.239. The number of carbonyl (C=O) groups excluding carboxylic acids is 1. The Kier molecular flexibility index (Phi) is 4.81. The van der Waals surface area contributed by atoms with Crippen LogP contribution in [-0.4, -0.2) is 70.1 Å². The lowest BCUT2D eigenvalue weighted by molar-refractivity contribution is -0.319. The molecule has 3 fully saturated rings. The van der Waals surface area contributed by atoms with Crippen LogP contribution in [0.3, 0.4) is 0 Å². The first-order valence-electron chi connectivity index (χ1n) is 10.3. The van der Waals surface area contributed by atoms with Crippen molar-refractivity contribution in [1.82, 2.24) is 0 Å². The monoisotopic (exact) mass is 396 g/mol. The van der Waals surface area contributed by atoms with Crippen molar-refractivity contribution >= 4 is 6.29 Å². The van der Waals surface area contributed by atoms with Gasteiger partial charge in [-0.05, 0) is 48.0 Å². The Morgan fingerprint density at radius 1 is 1.18 bits per heavy atom. The summed E-state index contributed by atoms with van der Waals surface area (Å²) in [6.07, 6.45) is -0.115. The van der Waals surface area contributed by atoms with Gasteiger partial charge in [0.25, 0.3) is 0 Å². The lowest BCUT2D eigenvalue weighted by Gasteiger charge is -2.49. The number of ether oxygens (including phenoxy) is 2. The molecule has 4 aliphatic rings. The molecule has 2 saturated carbocycles. The van der Waals surface area contributed by atoms with Crippen LogP contribution in [0.2, 0.25) is 0 Å². The molecule has 0 aromatic rings. The van der Waals surface area contributed by atoms with Gasteiger partial charge in [-0.1, -0.05) is 26.8 Å². The van der Waals surface area contributed by atoms with Crippen LogP contribution in [0.4, 0.5) is 0 Å². The van der Waals surface area contributed by atoms with E-state index >= 15 is 0 Å². The Balaban J connectivity index is 1.68. The Labute approximate surface area is 165 Å². The van der Waals surface area contributed by atoms with Crippen molar-refractivity contribution < 1.29 is 34.7 Å². The van der Waals surface area contributed by atoms with Crippen LogP contribution < -0.4 is 0 Å². The maximum atomic E-state index is 12.1. The number of aliphatic hydroxyl groups is 4. The minimum Gasteiger partial charge on any atom is -0.394 e. The van der Waals surface area contributed by atoms with Crippen LogP contribution in [0.1, 0.15) is 46.5 Å². The van der Waals surface area contributed by atoms with E-state index in [1.807, 2.05) is 0 Å². The minimum absolute atomic E-state index is 0.0749. The molecule has 7 heteroatoms. The molecule has 0 amide bonds. The van der Waals surface area contributed by atoms with E-state index in [-0.39, 0.29) is 22.9 Å². The largest absolute Gasteiger partial charge is 0.394 e. The summed E-state index contributed by atoms with van der Waals surface area (Å²) in [4.78, 5) is 12.1. The number of allylic oxidation sites excluding steroid dienone is 1. The van der Waals surface area contributed by atoms with E-state index in [0.717, 1.165) is 37.5 Å². The first-order chi connectivity index (χ1) is 13.2. The third kappa shape index (κ3) is 2.29. The van der Waals surface area contributed by atoms with Crippen molar-refractivity contribution in [1.29, 1.82) is 0 Å². The molecule has 9 atom stereocenters.